The monoisotopic (exact) mass is 271 g/mol. The lowest BCUT2D eigenvalue weighted by Gasteiger charge is -2.17. The van der Waals surface area contributed by atoms with Gasteiger partial charge in [-0.2, -0.15) is 4.98 Å². The Kier molecular flexibility index (Phi) is 6.41. The standard InChI is InChI=1S/C13H25N3O3/c1-6-7-14-10(9-17-4)8-11-15-12(16-19-11)13(2,3)18-5/h10,14H,6-9H2,1-5H3. The molecule has 0 saturated heterocycles. The van der Waals surface area contributed by atoms with Crippen molar-refractivity contribution in [2.75, 3.05) is 27.4 Å². The summed E-state index contributed by atoms with van der Waals surface area (Å²) in [4.78, 5) is 4.38. The van der Waals surface area contributed by atoms with Crippen LogP contribution in [0.5, 0.6) is 0 Å². The molecular weight excluding hydrogens is 246 g/mol. The third-order valence-electron chi connectivity index (χ3n) is 2.99. The molecule has 0 bridgehead atoms. The molecule has 1 rings (SSSR count). The number of methoxy groups -OCH3 is 2. The molecule has 0 aliphatic rings. The summed E-state index contributed by atoms with van der Waals surface area (Å²) in [5.74, 6) is 1.17. The summed E-state index contributed by atoms with van der Waals surface area (Å²) in [6.45, 7) is 7.50. The summed E-state index contributed by atoms with van der Waals surface area (Å²) in [6, 6.07) is 0.184. The van der Waals surface area contributed by atoms with Gasteiger partial charge in [-0.3, -0.25) is 0 Å². The van der Waals surface area contributed by atoms with Crippen LogP contribution in [-0.4, -0.2) is 43.6 Å². The van der Waals surface area contributed by atoms with Gasteiger partial charge < -0.3 is 19.3 Å². The largest absolute Gasteiger partial charge is 0.383 e. The fourth-order valence-electron chi connectivity index (χ4n) is 1.62. The maximum atomic E-state index is 5.33. The minimum atomic E-state index is -0.532. The Morgan fingerprint density at radius 2 is 2.11 bits per heavy atom. The van der Waals surface area contributed by atoms with E-state index in [9.17, 15) is 0 Å². The Labute approximate surface area is 114 Å². The van der Waals surface area contributed by atoms with E-state index in [1.54, 1.807) is 14.2 Å². The second kappa shape index (κ2) is 7.57. The van der Waals surface area contributed by atoms with E-state index in [0.29, 0.717) is 24.7 Å². The molecular formula is C13H25N3O3. The number of aromatic nitrogens is 2. The molecule has 0 aliphatic heterocycles. The van der Waals surface area contributed by atoms with Crippen LogP contribution in [0, 0.1) is 0 Å². The van der Waals surface area contributed by atoms with E-state index in [4.69, 9.17) is 14.0 Å². The highest BCUT2D eigenvalue weighted by molar-refractivity contribution is 4.98. The highest BCUT2D eigenvalue weighted by atomic mass is 16.5. The van der Waals surface area contributed by atoms with Gasteiger partial charge in [-0.15, -0.1) is 0 Å². The molecule has 1 aromatic rings. The van der Waals surface area contributed by atoms with Crippen molar-refractivity contribution in [3.63, 3.8) is 0 Å². The summed E-state index contributed by atoms with van der Waals surface area (Å²) in [5.41, 5.74) is -0.532. The van der Waals surface area contributed by atoms with E-state index < -0.39 is 5.60 Å². The second-order valence-electron chi connectivity index (χ2n) is 5.04. The van der Waals surface area contributed by atoms with E-state index >= 15 is 0 Å². The number of nitrogens with one attached hydrogen (secondary N) is 1. The van der Waals surface area contributed by atoms with E-state index in [1.165, 1.54) is 0 Å². The molecule has 0 aliphatic carbocycles. The lowest BCUT2D eigenvalue weighted by Crippen LogP contribution is -2.35. The van der Waals surface area contributed by atoms with Gasteiger partial charge in [0.15, 0.2) is 0 Å². The van der Waals surface area contributed by atoms with Gasteiger partial charge in [0.1, 0.15) is 5.60 Å². The first-order valence-corrected chi connectivity index (χ1v) is 6.64. The molecule has 110 valence electrons. The molecule has 1 atom stereocenters. The Bertz CT molecular complexity index is 366. The van der Waals surface area contributed by atoms with Crippen molar-refractivity contribution in [2.24, 2.45) is 0 Å². The Hall–Kier alpha value is -0.980. The van der Waals surface area contributed by atoms with Crippen LogP contribution >= 0.6 is 0 Å². The van der Waals surface area contributed by atoms with Gasteiger partial charge in [0.2, 0.25) is 11.7 Å². The van der Waals surface area contributed by atoms with Crippen molar-refractivity contribution in [3.05, 3.63) is 11.7 Å². The summed E-state index contributed by atoms with van der Waals surface area (Å²) < 4.78 is 15.8. The van der Waals surface area contributed by atoms with E-state index in [-0.39, 0.29) is 6.04 Å². The van der Waals surface area contributed by atoms with Crippen molar-refractivity contribution in [2.45, 2.75) is 45.3 Å². The SMILES string of the molecule is CCCNC(COC)Cc1nc(C(C)(C)OC)no1. The summed E-state index contributed by atoms with van der Waals surface area (Å²) in [6.07, 6.45) is 1.73. The predicted molar refractivity (Wildman–Crippen MR) is 72.0 cm³/mol. The van der Waals surface area contributed by atoms with E-state index in [1.807, 2.05) is 13.8 Å². The maximum absolute atomic E-state index is 5.33. The van der Waals surface area contributed by atoms with E-state index in [2.05, 4.69) is 22.4 Å². The summed E-state index contributed by atoms with van der Waals surface area (Å²) in [5, 5.41) is 7.37. The molecule has 0 fully saturated rings. The number of rotatable bonds is 9. The third kappa shape index (κ3) is 4.89. The highest BCUT2D eigenvalue weighted by Gasteiger charge is 2.26. The molecule has 1 heterocycles. The highest BCUT2D eigenvalue weighted by Crippen LogP contribution is 2.20. The first-order valence-electron chi connectivity index (χ1n) is 6.64. The van der Waals surface area contributed by atoms with Crippen LogP contribution in [0.3, 0.4) is 0 Å². The van der Waals surface area contributed by atoms with Crippen LogP contribution in [0.2, 0.25) is 0 Å². The zero-order chi connectivity index (χ0) is 14.3. The minimum Gasteiger partial charge on any atom is -0.383 e. The quantitative estimate of drug-likeness (QED) is 0.734. The fraction of sp³-hybridized carbons (Fsp3) is 0.846. The van der Waals surface area contributed by atoms with Gasteiger partial charge in [0, 0.05) is 26.7 Å². The topological polar surface area (TPSA) is 69.4 Å². The molecule has 1 N–H and O–H groups in total. The molecule has 0 radical (unpaired) electrons. The lowest BCUT2D eigenvalue weighted by atomic mass is 10.1. The Morgan fingerprint density at radius 1 is 1.37 bits per heavy atom. The van der Waals surface area contributed by atoms with Gasteiger partial charge in [-0.05, 0) is 26.8 Å². The zero-order valence-corrected chi connectivity index (χ0v) is 12.5. The van der Waals surface area contributed by atoms with Crippen molar-refractivity contribution < 1.29 is 14.0 Å². The molecule has 1 unspecified atom stereocenters. The zero-order valence-electron chi connectivity index (χ0n) is 12.5. The smallest absolute Gasteiger partial charge is 0.228 e. The van der Waals surface area contributed by atoms with Gasteiger partial charge >= 0.3 is 0 Å². The van der Waals surface area contributed by atoms with Crippen LogP contribution in [0.4, 0.5) is 0 Å². The fourth-order valence-corrected chi connectivity index (χ4v) is 1.62. The first-order chi connectivity index (χ1) is 9.03. The van der Waals surface area contributed by atoms with Crippen molar-refractivity contribution in [1.29, 1.82) is 0 Å². The second-order valence-corrected chi connectivity index (χ2v) is 5.04. The lowest BCUT2D eigenvalue weighted by molar-refractivity contribution is 0.00973. The molecule has 19 heavy (non-hydrogen) atoms. The van der Waals surface area contributed by atoms with Gasteiger partial charge in [0.25, 0.3) is 0 Å². The normalized spacial score (nSPS) is 13.7. The number of hydrogen-bond acceptors (Lipinski definition) is 6. The number of nitrogens with zero attached hydrogens (tertiary/aromatic N) is 2. The van der Waals surface area contributed by atoms with Crippen LogP contribution < -0.4 is 5.32 Å². The van der Waals surface area contributed by atoms with Crippen LogP contribution in [0.25, 0.3) is 0 Å². The number of hydrogen-bond donors (Lipinski definition) is 1. The summed E-state index contributed by atoms with van der Waals surface area (Å²) >= 11 is 0. The predicted octanol–water partition coefficient (Wildman–Crippen LogP) is 1.51. The average Bonchev–Trinajstić information content (AvgIpc) is 2.85. The van der Waals surface area contributed by atoms with Crippen molar-refractivity contribution >= 4 is 0 Å². The molecule has 1 aromatic heterocycles. The molecule has 0 saturated carbocycles. The first kappa shape index (κ1) is 16.1. The van der Waals surface area contributed by atoms with Crippen LogP contribution in [0.15, 0.2) is 4.52 Å². The van der Waals surface area contributed by atoms with Crippen molar-refractivity contribution in [3.8, 4) is 0 Å². The minimum absolute atomic E-state index is 0.184. The molecule has 6 heteroatoms. The maximum Gasteiger partial charge on any atom is 0.228 e. The summed E-state index contributed by atoms with van der Waals surface area (Å²) in [7, 11) is 3.32. The third-order valence-corrected chi connectivity index (χ3v) is 2.99. The molecule has 0 amide bonds. The molecule has 6 nitrogen and oxygen atoms in total. The van der Waals surface area contributed by atoms with E-state index in [0.717, 1.165) is 13.0 Å². The average molecular weight is 271 g/mol. The molecule has 0 aromatic carbocycles. The van der Waals surface area contributed by atoms with Crippen LogP contribution in [-0.2, 0) is 21.5 Å². The van der Waals surface area contributed by atoms with Gasteiger partial charge in [-0.25, -0.2) is 0 Å². The number of ether oxygens (including phenoxy) is 2. The van der Waals surface area contributed by atoms with Gasteiger partial charge in [0.05, 0.1) is 6.61 Å². The Balaban J connectivity index is 2.64. The van der Waals surface area contributed by atoms with Crippen LogP contribution in [0.1, 0.15) is 38.9 Å². The van der Waals surface area contributed by atoms with Crippen molar-refractivity contribution in [1.82, 2.24) is 15.5 Å². The van der Waals surface area contributed by atoms with Gasteiger partial charge in [-0.1, -0.05) is 12.1 Å². The molecule has 0 spiro atoms. The Morgan fingerprint density at radius 3 is 2.68 bits per heavy atom.